The van der Waals surface area contributed by atoms with Gasteiger partial charge >= 0.3 is 11.9 Å². The number of esters is 2. The maximum atomic E-state index is 12.1. The minimum Gasteiger partial charge on any atom is -0.462 e. The maximum absolute atomic E-state index is 12.1. The summed E-state index contributed by atoms with van der Waals surface area (Å²) < 4.78 is 10.6. The van der Waals surface area contributed by atoms with Crippen molar-refractivity contribution in [1.82, 2.24) is 0 Å². The van der Waals surface area contributed by atoms with E-state index < -0.39 is 6.10 Å². The summed E-state index contributed by atoms with van der Waals surface area (Å²) in [6.07, 6.45) is 33.0. The van der Waals surface area contributed by atoms with Crippen LogP contribution in [-0.4, -0.2) is 36.4 Å². The van der Waals surface area contributed by atoms with Gasteiger partial charge in [-0.15, -0.1) is 0 Å². The summed E-state index contributed by atoms with van der Waals surface area (Å²) in [5, 5.41) is 9.52. The molecule has 0 aliphatic heterocycles. The molecule has 0 aromatic carbocycles. The van der Waals surface area contributed by atoms with Crippen LogP contribution in [-0.2, 0) is 19.1 Å². The van der Waals surface area contributed by atoms with Crippen LogP contribution in [0.4, 0.5) is 0 Å². The third-order valence-corrected chi connectivity index (χ3v) is 8.33. The summed E-state index contributed by atoms with van der Waals surface area (Å²) in [6, 6.07) is 0. The van der Waals surface area contributed by atoms with E-state index in [1.807, 2.05) is 0 Å². The molecule has 42 heavy (non-hydrogen) atoms. The zero-order valence-electron chi connectivity index (χ0n) is 28.4. The second kappa shape index (κ2) is 32.8. The molecule has 0 heterocycles. The van der Waals surface area contributed by atoms with Crippen LogP contribution in [0.1, 0.15) is 201 Å². The predicted octanol–water partition coefficient (Wildman–Crippen LogP) is 11.0. The highest BCUT2D eigenvalue weighted by Gasteiger charge is 2.16. The van der Waals surface area contributed by atoms with Crippen molar-refractivity contribution >= 4 is 11.9 Å². The zero-order valence-corrected chi connectivity index (χ0v) is 28.4. The summed E-state index contributed by atoms with van der Waals surface area (Å²) in [5.74, 6) is 0.262. The van der Waals surface area contributed by atoms with E-state index >= 15 is 0 Å². The third kappa shape index (κ3) is 31.8. The highest BCUT2D eigenvalue weighted by molar-refractivity contribution is 5.70. The van der Waals surface area contributed by atoms with Crippen molar-refractivity contribution in [3.8, 4) is 0 Å². The molecule has 0 rings (SSSR count). The smallest absolute Gasteiger partial charge is 0.306 e. The lowest BCUT2D eigenvalue weighted by Gasteiger charge is -2.15. The summed E-state index contributed by atoms with van der Waals surface area (Å²) in [5.41, 5.74) is 0. The molecular weight excluding hydrogens is 524 g/mol. The average molecular weight is 597 g/mol. The van der Waals surface area contributed by atoms with Crippen molar-refractivity contribution in [2.75, 3.05) is 13.2 Å². The lowest BCUT2D eigenvalue weighted by atomic mass is 10.0. The van der Waals surface area contributed by atoms with Gasteiger partial charge in [0, 0.05) is 12.8 Å². The second-order valence-corrected chi connectivity index (χ2v) is 13.1. The molecule has 0 amide bonds. The van der Waals surface area contributed by atoms with Gasteiger partial charge in [-0.25, -0.2) is 0 Å². The highest BCUT2D eigenvalue weighted by Crippen LogP contribution is 2.15. The van der Waals surface area contributed by atoms with Crippen LogP contribution in [0.15, 0.2) is 0 Å². The Balaban J connectivity index is 3.52. The number of ether oxygens (including phenoxy) is 2. The molecule has 250 valence electrons. The van der Waals surface area contributed by atoms with Gasteiger partial charge in [-0.2, -0.15) is 0 Å². The quantitative estimate of drug-likeness (QED) is 0.0602. The average Bonchev–Trinajstić information content (AvgIpc) is 2.97. The van der Waals surface area contributed by atoms with E-state index in [2.05, 4.69) is 20.8 Å². The molecule has 0 aliphatic rings. The van der Waals surface area contributed by atoms with E-state index in [0.29, 0.717) is 12.8 Å². The molecule has 5 heteroatoms. The predicted molar refractivity (Wildman–Crippen MR) is 178 cm³/mol. The van der Waals surface area contributed by atoms with Crippen molar-refractivity contribution in [3.63, 3.8) is 0 Å². The first-order valence-electron chi connectivity index (χ1n) is 18.5. The molecule has 0 saturated heterocycles. The summed E-state index contributed by atoms with van der Waals surface area (Å²) in [7, 11) is 0. The van der Waals surface area contributed by atoms with Crippen LogP contribution in [0.5, 0.6) is 0 Å². The van der Waals surface area contributed by atoms with Gasteiger partial charge in [-0.05, 0) is 18.8 Å². The molecule has 1 atom stereocenters. The van der Waals surface area contributed by atoms with Gasteiger partial charge in [0.2, 0.25) is 0 Å². The summed E-state index contributed by atoms with van der Waals surface area (Å²) in [6.45, 7) is 6.49. The Kier molecular flexibility index (Phi) is 31.9. The van der Waals surface area contributed by atoms with Crippen LogP contribution in [0.2, 0.25) is 0 Å². The van der Waals surface area contributed by atoms with Gasteiger partial charge in [0.1, 0.15) is 6.61 Å². The molecule has 0 aromatic rings. The van der Waals surface area contributed by atoms with Crippen LogP contribution >= 0.6 is 0 Å². The Morgan fingerprint density at radius 1 is 0.524 bits per heavy atom. The number of carbonyl (C=O) groups is 2. The van der Waals surface area contributed by atoms with Crippen molar-refractivity contribution in [2.24, 2.45) is 5.92 Å². The highest BCUT2D eigenvalue weighted by atomic mass is 16.6. The lowest BCUT2D eigenvalue weighted by Crippen LogP contribution is -2.28. The molecule has 0 fully saturated rings. The molecule has 1 N–H and O–H groups in total. The number of unbranched alkanes of at least 4 members (excludes halogenated alkanes) is 23. The Morgan fingerprint density at radius 3 is 1.26 bits per heavy atom. The van der Waals surface area contributed by atoms with Crippen molar-refractivity contribution in [1.29, 1.82) is 0 Å². The monoisotopic (exact) mass is 597 g/mol. The lowest BCUT2D eigenvalue weighted by molar-refractivity contribution is -0.161. The fraction of sp³-hybridized carbons (Fsp3) is 0.946. The molecule has 0 unspecified atom stereocenters. The van der Waals surface area contributed by atoms with Gasteiger partial charge in [-0.3, -0.25) is 9.59 Å². The van der Waals surface area contributed by atoms with Crippen LogP contribution in [0.3, 0.4) is 0 Å². The first-order valence-corrected chi connectivity index (χ1v) is 18.5. The van der Waals surface area contributed by atoms with E-state index in [0.717, 1.165) is 38.0 Å². The second-order valence-electron chi connectivity index (χ2n) is 13.1. The van der Waals surface area contributed by atoms with Crippen LogP contribution < -0.4 is 0 Å². The number of rotatable bonds is 33. The normalized spacial score (nSPS) is 12.1. The number of hydrogen-bond donors (Lipinski definition) is 1. The fourth-order valence-electron chi connectivity index (χ4n) is 5.50. The Hall–Kier alpha value is -1.10. The van der Waals surface area contributed by atoms with E-state index in [-0.39, 0.29) is 25.2 Å². The zero-order chi connectivity index (χ0) is 30.9. The van der Waals surface area contributed by atoms with Crippen molar-refractivity contribution < 1.29 is 24.2 Å². The van der Waals surface area contributed by atoms with Gasteiger partial charge < -0.3 is 14.6 Å². The van der Waals surface area contributed by atoms with Gasteiger partial charge in [0.15, 0.2) is 6.10 Å². The number of aliphatic hydroxyl groups is 1. The first kappa shape index (κ1) is 40.9. The van der Waals surface area contributed by atoms with E-state index in [9.17, 15) is 14.7 Å². The Morgan fingerprint density at radius 2 is 0.881 bits per heavy atom. The standard InChI is InChI=1S/C37H72O5/c1-4-5-6-7-8-9-10-11-16-19-22-25-28-31-37(40)42-35(32-38)33-41-36(39)30-27-24-21-18-15-13-12-14-17-20-23-26-29-34(2)3/h34-35,38H,4-33H2,1-3H3/t35-/m0/s1. The van der Waals surface area contributed by atoms with Gasteiger partial charge in [-0.1, -0.05) is 175 Å². The Bertz CT molecular complexity index is 577. The van der Waals surface area contributed by atoms with E-state index in [1.165, 1.54) is 135 Å². The van der Waals surface area contributed by atoms with Gasteiger partial charge in [0.25, 0.3) is 0 Å². The van der Waals surface area contributed by atoms with Crippen molar-refractivity contribution in [3.05, 3.63) is 0 Å². The van der Waals surface area contributed by atoms with E-state index in [1.54, 1.807) is 0 Å². The minimum absolute atomic E-state index is 0.0581. The number of aliphatic hydroxyl groups excluding tert-OH is 1. The van der Waals surface area contributed by atoms with Crippen LogP contribution in [0, 0.1) is 5.92 Å². The molecule has 0 aliphatic carbocycles. The topological polar surface area (TPSA) is 72.8 Å². The molecule has 0 aromatic heterocycles. The van der Waals surface area contributed by atoms with Gasteiger partial charge in [0.05, 0.1) is 6.61 Å². The third-order valence-electron chi connectivity index (χ3n) is 8.33. The van der Waals surface area contributed by atoms with E-state index in [4.69, 9.17) is 9.47 Å². The van der Waals surface area contributed by atoms with Crippen molar-refractivity contribution in [2.45, 2.75) is 207 Å². The maximum Gasteiger partial charge on any atom is 0.306 e. The van der Waals surface area contributed by atoms with Crippen LogP contribution in [0.25, 0.3) is 0 Å². The molecule has 5 nitrogen and oxygen atoms in total. The molecule has 0 spiro atoms. The minimum atomic E-state index is -0.761. The summed E-state index contributed by atoms with van der Waals surface area (Å²) >= 11 is 0. The number of hydrogen-bond acceptors (Lipinski definition) is 5. The molecule has 0 radical (unpaired) electrons. The summed E-state index contributed by atoms with van der Waals surface area (Å²) in [4.78, 5) is 24.2. The fourth-order valence-corrected chi connectivity index (χ4v) is 5.50. The SMILES string of the molecule is CCCCCCCCCCCCCCCC(=O)O[C@@H](CO)COC(=O)CCCCCCCCCCCCCCC(C)C. The Labute approximate surface area is 261 Å². The molecule has 0 bridgehead atoms. The number of carbonyl (C=O) groups excluding carboxylic acids is 2. The molecular formula is C37H72O5. The largest absolute Gasteiger partial charge is 0.462 e. The first-order chi connectivity index (χ1) is 20.5. The molecule has 0 saturated carbocycles.